The largest absolute Gasteiger partial charge is 0.496 e. The predicted molar refractivity (Wildman–Crippen MR) is 104 cm³/mol. The molecule has 2 aromatic rings. The van der Waals surface area contributed by atoms with Crippen LogP contribution in [-0.4, -0.2) is 46.3 Å². The van der Waals surface area contributed by atoms with Gasteiger partial charge in [-0.1, -0.05) is 12.1 Å². The smallest absolute Gasteiger partial charge is 0.193 e. The summed E-state index contributed by atoms with van der Waals surface area (Å²) in [7, 11) is 8.44. The predicted octanol–water partition coefficient (Wildman–Crippen LogP) is 3.06. The van der Waals surface area contributed by atoms with Crippen molar-refractivity contribution in [3.8, 4) is 17.2 Å². The first kappa shape index (κ1) is 20.4. The van der Waals surface area contributed by atoms with Gasteiger partial charge in [-0.05, 0) is 17.7 Å². The van der Waals surface area contributed by atoms with E-state index in [0.29, 0.717) is 36.3 Å². The first-order valence-corrected chi connectivity index (χ1v) is 8.47. The summed E-state index contributed by atoms with van der Waals surface area (Å²) in [5.41, 5.74) is 1.85. The summed E-state index contributed by atoms with van der Waals surface area (Å²) in [5, 5.41) is 3.31. The average Bonchev–Trinajstić information content (AvgIpc) is 2.69. The van der Waals surface area contributed by atoms with E-state index >= 15 is 0 Å². The molecule has 0 aliphatic carbocycles. The highest BCUT2D eigenvalue weighted by Crippen LogP contribution is 2.33. The molecule has 2 aromatic carbocycles. The molecular formula is C20H26FN3O3. The molecule has 0 aliphatic rings. The van der Waals surface area contributed by atoms with Gasteiger partial charge in [0.2, 0.25) is 0 Å². The third-order valence-electron chi connectivity index (χ3n) is 4.15. The van der Waals surface area contributed by atoms with Gasteiger partial charge in [0, 0.05) is 32.8 Å². The molecule has 0 fully saturated rings. The van der Waals surface area contributed by atoms with E-state index in [1.54, 1.807) is 40.5 Å². The van der Waals surface area contributed by atoms with Crippen LogP contribution in [0.2, 0.25) is 0 Å². The monoisotopic (exact) mass is 375 g/mol. The van der Waals surface area contributed by atoms with Crippen molar-refractivity contribution in [1.82, 2.24) is 10.2 Å². The molecule has 27 heavy (non-hydrogen) atoms. The maximum atomic E-state index is 13.1. The van der Waals surface area contributed by atoms with Crippen LogP contribution in [0, 0.1) is 5.82 Å². The molecule has 0 saturated carbocycles. The van der Waals surface area contributed by atoms with E-state index in [2.05, 4.69) is 10.3 Å². The van der Waals surface area contributed by atoms with E-state index in [1.165, 1.54) is 12.1 Å². The van der Waals surface area contributed by atoms with Crippen LogP contribution in [0.1, 0.15) is 11.1 Å². The Labute approximate surface area is 159 Å². The fourth-order valence-electron chi connectivity index (χ4n) is 2.74. The molecule has 2 rings (SSSR count). The fraction of sp³-hybridized carbons (Fsp3) is 0.350. The number of benzene rings is 2. The summed E-state index contributed by atoms with van der Waals surface area (Å²) in [6.45, 7) is 1.05. The van der Waals surface area contributed by atoms with Crippen LogP contribution in [0.15, 0.2) is 41.4 Å². The Morgan fingerprint density at radius 2 is 1.63 bits per heavy atom. The maximum Gasteiger partial charge on any atom is 0.193 e. The van der Waals surface area contributed by atoms with Crippen molar-refractivity contribution in [3.63, 3.8) is 0 Å². The number of aliphatic imine (C=N–C) groups is 1. The van der Waals surface area contributed by atoms with E-state index in [9.17, 15) is 4.39 Å². The number of guanidine groups is 1. The molecule has 7 heteroatoms. The van der Waals surface area contributed by atoms with E-state index in [1.807, 2.05) is 24.1 Å². The van der Waals surface area contributed by atoms with Crippen LogP contribution in [0.5, 0.6) is 17.2 Å². The van der Waals surface area contributed by atoms with Crippen molar-refractivity contribution < 1.29 is 18.6 Å². The highest BCUT2D eigenvalue weighted by molar-refractivity contribution is 5.79. The van der Waals surface area contributed by atoms with Crippen molar-refractivity contribution in [2.24, 2.45) is 4.99 Å². The molecule has 0 radical (unpaired) electrons. The molecule has 0 amide bonds. The molecule has 0 unspecified atom stereocenters. The first-order chi connectivity index (χ1) is 13.0. The summed E-state index contributed by atoms with van der Waals surface area (Å²) in [5.74, 6) is 2.43. The van der Waals surface area contributed by atoms with Gasteiger partial charge >= 0.3 is 0 Å². The summed E-state index contributed by atoms with van der Waals surface area (Å²) < 4.78 is 29.3. The third-order valence-corrected chi connectivity index (χ3v) is 4.15. The number of hydrogen-bond acceptors (Lipinski definition) is 4. The first-order valence-electron chi connectivity index (χ1n) is 8.47. The Morgan fingerprint density at radius 1 is 1.04 bits per heavy atom. The van der Waals surface area contributed by atoms with E-state index in [4.69, 9.17) is 14.2 Å². The van der Waals surface area contributed by atoms with Crippen LogP contribution in [-0.2, 0) is 13.1 Å². The molecule has 1 N–H and O–H groups in total. The lowest BCUT2D eigenvalue weighted by atomic mass is 10.1. The number of ether oxygens (including phenoxy) is 3. The number of nitrogens with one attached hydrogen (secondary N) is 1. The minimum atomic E-state index is -0.248. The number of methoxy groups -OCH3 is 3. The highest BCUT2D eigenvalue weighted by atomic mass is 19.1. The minimum Gasteiger partial charge on any atom is -0.496 e. The van der Waals surface area contributed by atoms with Crippen LogP contribution < -0.4 is 19.5 Å². The lowest BCUT2D eigenvalue weighted by Crippen LogP contribution is -2.38. The minimum absolute atomic E-state index is 0.248. The van der Waals surface area contributed by atoms with Crippen LogP contribution in [0.25, 0.3) is 0 Å². The number of hydrogen-bond donors (Lipinski definition) is 1. The van der Waals surface area contributed by atoms with Gasteiger partial charge in [0.05, 0.1) is 33.4 Å². The number of rotatable bonds is 7. The molecule has 0 aliphatic heterocycles. The summed E-state index contributed by atoms with van der Waals surface area (Å²) in [4.78, 5) is 6.27. The van der Waals surface area contributed by atoms with Gasteiger partial charge < -0.3 is 24.4 Å². The van der Waals surface area contributed by atoms with Crippen LogP contribution in [0.4, 0.5) is 4.39 Å². The molecule has 0 aromatic heterocycles. The van der Waals surface area contributed by atoms with Gasteiger partial charge in [-0.2, -0.15) is 0 Å². The Hall–Kier alpha value is -2.96. The van der Waals surface area contributed by atoms with Crippen molar-refractivity contribution in [3.05, 3.63) is 53.3 Å². The molecule has 0 saturated heterocycles. The molecular weight excluding hydrogens is 349 g/mol. The van der Waals surface area contributed by atoms with Gasteiger partial charge in [-0.3, -0.25) is 4.99 Å². The van der Waals surface area contributed by atoms with E-state index < -0.39 is 0 Å². The topological polar surface area (TPSA) is 55.3 Å². The Kier molecular flexibility index (Phi) is 7.28. The third kappa shape index (κ3) is 5.26. The Balaban J connectivity index is 2.12. The lowest BCUT2D eigenvalue weighted by Gasteiger charge is -2.23. The van der Waals surface area contributed by atoms with Crippen LogP contribution >= 0.6 is 0 Å². The van der Waals surface area contributed by atoms with Crippen molar-refractivity contribution in [2.75, 3.05) is 35.4 Å². The SMILES string of the molecule is CN=C(NCc1c(OC)cc(OC)cc1OC)N(C)Cc1ccc(F)cc1. The van der Waals surface area contributed by atoms with Gasteiger partial charge in [-0.25, -0.2) is 4.39 Å². The Bertz CT molecular complexity index is 754. The molecule has 146 valence electrons. The van der Waals surface area contributed by atoms with Crippen molar-refractivity contribution >= 4 is 5.96 Å². The second kappa shape index (κ2) is 9.66. The van der Waals surface area contributed by atoms with Crippen LogP contribution in [0.3, 0.4) is 0 Å². The normalized spacial score (nSPS) is 11.1. The maximum absolute atomic E-state index is 13.1. The summed E-state index contributed by atoms with van der Waals surface area (Å²) >= 11 is 0. The van der Waals surface area contributed by atoms with E-state index in [-0.39, 0.29) is 5.82 Å². The fourth-order valence-corrected chi connectivity index (χ4v) is 2.74. The lowest BCUT2D eigenvalue weighted by molar-refractivity contribution is 0.367. The molecule has 6 nitrogen and oxygen atoms in total. The number of nitrogens with zero attached hydrogens (tertiary/aromatic N) is 2. The quantitative estimate of drug-likeness (QED) is 0.595. The highest BCUT2D eigenvalue weighted by Gasteiger charge is 2.15. The zero-order valence-electron chi connectivity index (χ0n) is 16.4. The number of halogens is 1. The van der Waals surface area contributed by atoms with Gasteiger partial charge in [0.1, 0.15) is 23.1 Å². The molecule has 0 spiro atoms. The van der Waals surface area contributed by atoms with Gasteiger partial charge in [-0.15, -0.1) is 0 Å². The zero-order chi connectivity index (χ0) is 19.8. The molecule has 0 atom stereocenters. The Morgan fingerprint density at radius 3 is 2.11 bits per heavy atom. The standard InChI is InChI=1S/C20H26FN3O3/c1-22-20(24(2)13-14-6-8-15(21)9-7-14)23-12-17-18(26-4)10-16(25-3)11-19(17)27-5/h6-11H,12-13H2,1-5H3,(H,22,23). The second-order valence-electron chi connectivity index (χ2n) is 5.89. The van der Waals surface area contributed by atoms with E-state index in [0.717, 1.165) is 11.1 Å². The van der Waals surface area contributed by atoms with Gasteiger partial charge in [0.15, 0.2) is 5.96 Å². The van der Waals surface area contributed by atoms with Gasteiger partial charge in [0.25, 0.3) is 0 Å². The second-order valence-corrected chi connectivity index (χ2v) is 5.89. The summed E-state index contributed by atoms with van der Waals surface area (Å²) in [6.07, 6.45) is 0. The average molecular weight is 375 g/mol. The summed E-state index contributed by atoms with van der Waals surface area (Å²) in [6, 6.07) is 10.0. The van der Waals surface area contributed by atoms with Crippen molar-refractivity contribution in [1.29, 1.82) is 0 Å². The zero-order valence-corrected chi connectivity index (χ0v) is 16.4. The molecule has 0 bridgehead atoms. The van der Waals surface area contributed by atoms with Crippen molar-refractivity contribution in [2.45, 2.75) is 13.1 Å². The molecule has 0 heterocycles.